The van der Waals surface area contributed by atoms with Gasteiger partial charge in [0, 0.05) is 6.54 Å². The molecule has 7 heteroatoms. The number of hydrogen-bond donors (Lipinski definition) is 1. The average molecular weight is 360 g/mol. The molecule has 1 atom stereocenters. The largest absolute Gasteiger partial charge is 0.476 e. The molecule has 1 amide bonds. The van der Waals surface area contributed by atoms with Crippen molar-refractivity contribution in [3.63, 3.8) is 0 Å². The average Bonchev–Trinajstić information content (AvgIpc) is 2.59. The molecule has 2 aromatic carbocycles. The van der Waals surface area contributed by atoms with Crippen molar-refractivity contribution < 1.29 is 17.9 Å². The Bertz CT molecular complexity index is 878. The summed E-state index contributed by atoms with van der Waals surface area (Å²) in [5.41, 5.74) is 2.56. The highest BCUT2D eigenvalue weighted by Crippen LogP contribution is 2.34. The fourth-order valence-electron chi connectivity index (χ4n) is 2.66. The topological polar surface area (TPSA) is 75.7 Å². The maximum atomic E-state index is 12.5. The molecule has 0 aromatic heterocycles. The van der Waals surface area contributed by atoms with Crippen LogP contribution in [0.25, 0.3) is 0 Å². The number of ether oxygens (including phenoxy) is 1. The van der Waals surface area contributed by atoms with Gasteiger partial charge < -0.3 is 10.1 Å². The zero-order chi connectivity index (χ0) is 18.0. The van der Waals surface area contributed by atoms with Gasteiger partial charge in [0.25, 0.3) is 5.91 Å². The number of rotatable bonds is 4. The Morgan fingerprint density at radius 1 is 1.20 bits per heavy atom. The van der Waals surface area contributed by atoms with Gasteiger partial charge in [0.05, 0.1) is 18.5 Å². The van der Waals surface area contributed by atoms with Crippen LogP contribution >= 0.6 is 0 Å². The molecule has 6 nitrogen and oxygen atoms in total. The number of nitrogens with zero attached hydrogens (tertiary/aromatic N) is 1. The van der Waals surface area contributed by atoms with Gasteiger partial charge in [-0.1, -0.05) is 42.0 Å². The first-order valence-corrected chi connectivity index (χ1v) is 9.76. The van der Waals surface area contributed by atoms with Gasteiger partial charge in [-0.05, 0) is 24.6 Å². The van der Waals surface area contributed by atoms with E-state index in [2.05, 4.69) is 5.32 Å². The number of aryl methyl sites for hydroxylation is 1. The Morgan fingerprint density at radius 2 is 1.88 bits per heavy atom. The summed E-state index contributed by atoms with van der Waals surface area (Å²) < 4.78 is 31.1. The summed E-state index contributed by atoms with van der Waals surface area (Å²) in [6.45, 7) is 2.31. The van der Waals surface area contributed by atoms with Crippen LogP contribution in [0.4, 0.5) is 5.69 Å². The summed E-state index contributed by atoms with van der Waals surface area (Å²) in [5.74, 6) is 0.0402. The molecule has 1 aliphatic heterocycles. The highest BCUT2D eigenvalue weighted by Gasteiger charge is 2.34. The van der Waals surface area contributed by atoms with Gasteiger partial charge >= 0.3 is 0 Å². The molecule has 0 radical (unpaired) electrons. The summed E-state index contributed by atoms with van der Waals surface area (Å²) >= 11 is 0. The molecule has 1 heterocycles. The third-order valence-electron chi connectivity index (χ3n) is 4.01. The van der Waals surface area contributed by atoms with Crippen molar-refractivity contribution in [2.75, 3.05) is 17.1 Å². The SMILES string of the molecule is Cc1ccc(CNC(=O)C2CN(S(C)(=O)=O)c3ccccc3O2)cc1. The van der Waals surface area contributed by atoms with E-state index in [0.717, 1.165) is 17.4 Å². The first-order chi connectivity index (χ1) is 11.8. The zero-order valence-electron chi connectivity index (χ0n) is 14.1. The molecule has 0 bridgehead atoms. The van der Waals surface area contributed by atoms with E-state index in [1.807, 2.05) is 31.2 Å². The summed E-state index contributed by atoms with van der Waals surface area (Å²) in [7, 11) is -3.50. The Balaban J connectivity index is 1.74. The molecule has 25 heavy (non-hydrogen) atoms. The minimum atomic E-state index is -3.50. The number of carbonyl (C=O) groups excluding carboxylic acids is 1. The van der Waals surface area contributed by atoms with Crippen LogP contribution in [0.1, 0.15) is 11.1 Å². The van der Waals surface area contributed by atoms with Gasteiger partial charge in [-0.3, -0.25) is 9.10 Å². The Labute approximate surface area is 147 Å². The van der Waals surface area contributed by atoms with Crippen LogP contribution in [0.5, 0.6) is 5.75 Å². The molecule has 1 aliphatic rings. The van der Waals surface area contributed by atoms with Crippen LogP contribution in [0.3, 0.4) is 0 Å². The lowest BCUT2D eigenvalue weighted by Gasteiger charge is -2.33. The zero-order valence-corrected chi connectivity index (χ0v) is 14.9. The normalized spacial score (nSPS) is 16.7. The maximum Gasteiger partial charge on any atom is 0.263 e. The monoisotopic (exact) mass is 360 g/mol. The van der Waals surface area contributed by atoms with Crippen LogP contribution in [0.15, 0.2) is 48.5 Å². The second-order valence-electron chi connectivity index (χ2n) is 6.07. The number of amides is 1. The van der Waals surface area contributed by atoms with Crippen molar-refractivity contribution >= 4 is 21.6 Å². The lowest BCUT2D eigenvalue weighted by molar-refractivity contribution is -0.127. The van der Waals surface area contributed by atoms with E-state index >= 15 is 0 Å². The number of para-hydroxylation sites is 2. The number of fused-ring (bicyclic) bond motifs is 1. The minimum Gasteiger partial charge on any atom is -0.476 e. The summed E-state index contributed by atoms with van der Waals surface area (Å²) in [4.78, 5) is 12.5. The number of benzene rings is 2. The van der Waals surface area contributed by atoms with Gasteiger partial charge in [-0.25, -0.2) is 8.42 Å². The van der Waals surface area contributed by atoms with Gasteiger partial charge in [-0.2, -0.15) is 0 Å². The van der Waals surface area contributed by atoms with E-state index in [1.165, 1.54) is 4.31 Å². The minimum absolute atomic E-state index is 0.0461. The van der Waals surface area contributed by atoms with Gasteiger partial charge in [0.2, 0.25) is 10.0 Å². The number of nitrogens with one attached hydrogen (secondary N) is 1. The Morgan fingerprint density at radius 3 is 2.56 bits per heavy atom. The number of carbonyl (C=O) groups is 1. The van der Waals surface area contributed by atoms with Crippen molar-refractivity contribution in [1.29, 1.82) is 0 Å². The third-order valence-corrected chi connectivity index (χ3v) is 5.16. The van der Waals surface area contributed by atoms with Crippen molar-refractivity contribution in [2.24, 2.45) is 0 Å². The molecule has 3 rings (SSSR count). The standard InChI is InChI=1S/C18H20N2O4S/c1-13-7-9-14(10-8-13)11-19-18(21)17-12-20(25(2,22)23)15-5-3-4-6-16(15)24-17/h3-10,17H,11-12H2,1-2H3,(H,19,21). The van der Waals surface area contributed by atoms with Crippen LogP contribution in [-0.2, 0) is 21.4 Å². The van der Waals surface area contributed by atoms with Crippen LogP contribution in [-0.4, -0.2) is 33.2 Å². The summed E-state index contributed by atoms with van der Waals surface area (Å²) in [5, 5.41) is 2.81. The fourth-order valence-corrected chi connectivity index (χ4v) is 3.58. The van der Waals surface area contributed by atoms with E-state index < -0.39 is 16.1 Å². The molecule has 0 saturated heterocycles. The predicted octanol–water partition coefficient (Wildman–Crippen LogP) is 1.84. The Kier molecular flexibility index (Phi) is 4.67. The lowest BCUT2D eigenvalue weighted by Crippen LogP contribution is -2.50. The molecular weight excluding hydrogens is 340 g/mol. The highest BCUT2D eigenvalue weighted by atomic mass is 32.2. The van der Waals surface area contributed by atoms with Gasteiger partial charge in [0.1, 0.15) is 5.75 Å². The summed E-state index contributed by atoms with van der Waals surface area (Å²) in [6.07, 6.45) is 0.228. The number of anilines is 1. The van der Waals surface area contributed by atoms with Crippen LogP contribution < -0.4 is 14.4 Å². The van der Waals surface area contributed by atoms with E-state index in [1.54, 1.807) is 24.3 Å². The fraction of sp³-hybridized carbons (Fsp3) is 0.278. The van der Waals surface area contributed by atoms with E-state index in [-0.39, 0.29) is 12.5 Å². The summed E-state index contributed by atoms with van der Waals surface area (Å²) in [6, 6.07) is 14.6. The molecular formula is C18H20N2O4S. The van der Waals surface area contributed by atoms with Crippen LogP contribution in [0.2, 0.25) is 0 Å². The highest BCUT2D eigenvalue weighted by molar-refractivity contribution is 7.92. The molecule has 2 aromatic rings. The molecule has 0 saturated carbocycles. The van der Waals surface area contributed by atoms with Gasteiger partial charge in [0.15, 0.2) is 6.10 Å². The second kappa shape index (κ2) is 6.76. The third kappa shape index (κ3) is 3.93. The van der Waals surface area contributed by atoms with E-state index in [4.69, 9.17) is 4.74 Å². The number of sulfonamides is 1. The maximum absolute atomic E-state index is 12.5. The Hall–Kier alpha value is -2.54. The molecule has 0 fully saturated rings. The smallest absolute Gasteiger partial charge is 0.263 e. The van der Waals surface area contributed by atoms with Crippen molar-refractivity contribution in [2.45, 2.75) is 19.6 Å². The second-order valence-corrected chi connectivity index (χ2v) is 7.98. The predicted molar refractivity (Wildman–Crippen MR) is 96.1 cm³/mol. The molecule has 132 valence electrons. The first kappa shape index (κ1) is 17.3. The van der Waals surface area contributed by atoms with Crippen molar-refractivity contribution in [3.05, 3.63) is 59.7 Å². The van der Waals surface area contributed by atoms with E-state index in [9.17, 15) is 13.2 Å². The lowest BCUT2D eigenvalue weighted by atomic mass is 10.1. The molecule has 0 aliphatic carbocycles. The molecule has 0 spiro atoms. The quantitative estimate of drug-likeness (QED) is 0.903. The van der Waals surface area contributed by atoms with Crippen LogP contribution in [0, 0.1) is 6.92 Å². The van der Waals surface area contributed by atoms with Crippen molar-refractivity contribution in [3.8, 4) is 5.75 Å². The van der Waals surface area contributed by atoms with Gasteiger partial charge in [-0.15, -0.1) is 0 Å². The van der Waals surface area contributed by atoms with E-state index in [0.29, 0.717) is 18.0 Å². The molecule has 1 unspecified atom stereocenters. The number of hydrogen-bond acceptors (Lipinski definition) is 4. The molecule has 1 N–H and O–H groups in total. The van der Waals surface area contributed by atoms with Crippen molar-refractivity contribution in [1.82, 2.24) is 5.32 Å². The first-order valence-electron chi connectivity index (χ1n) is 7.91.